The van der Waals surface area contributed by atoms with Gasteiger partial charge in [-0.25, -0.2) is 14.5 Å². The van der Waals surface area contributed by atoms with E-state index >= 15 is 0 Å². The third kappa shape index (κ3) is 5.06. The van der Waals surface area contributed by atoms with Gasteiger partial charge in [-0.15, -0.1) is 11.3 Å². The highest BCUT2D eigenvalue weighted by atomic mass is 32.2. The molecule has 4 saturated carbocycles. The van der Waals surface area contributed by atoms with E-state index in [1.807, 2.05) is 0 Å². The van der Waals surface area contributed by atoms with Crippen molar-refractivity contribution < 1.29 is 23.4 Å². The molecule has 4 aliphatic carbocycles. The van der Waals surface area contributed by atoms with Crippen molar-refractivity contribution in [2.75, 3.05) is 6.54 Å². The molecule has 10 heteroatoms. The molecule has 4 N–H and O–H groups in total. The Kier molecular flexibility index (Phi) is 8.16. The molecule has 0 aromatic carbocycles. The number of fused-ring (bicyclic) bond motifs is 5. The van der Waals surface area contributed by atoms with Gasteiger partial charge in [0.1, 0.15) is 0 Å². The lowest BCUT2D eigenvalue weighted by Crippen LogP contribution is -2.62. The fourth-order valence-electron chi connectivity index (χ4n) is 10.1. The summed E-state index contributed by atoms with van der Waals surface area (Å²) in [6, 6.07) is -0.718. The van der Waals surface area contributed by atoms with Gasteiger partial charge in [0.05, 0.1) is 12.2 Å². The largest absolute Gasteiger partial charge is 0.393 e. The first-order chi connectivity index (χ1) is 18.4. The summed E-state index contributed by atoms with van der Waals surface area (Å²) in [5, 5.41) is 26.7. The third-order valence-corrected chi connectivity index (χ3v) is 14.4. The minimum absolute atomic E-state index is 0.119. The molecule has 39 heavy (non-hydrogen) atoms. The fraction of sp³-hybridized carbons (Fsp3) is 0.862. The van der Waals surface area contributed by atoms with E-state index in [2.05, 4.69) is 42.7 Å². The van der Waals surface area contributed by atoms with Crippen molar-refractivity contribution in [1.29, 1.82) is 0 Å². The number of amides is 2. The summed E-state index contributed by atoms with van der Waals surface area (Å²) >= 11 is 0.972. The van der Waals surface area contributed by atoms with Gasteiger partial charge >= 0.3 is 6.03 Å². The van der Waals surface area contributed by atoms with Crippen LogP contribution in [-0.2, 0) is 10.0 Å². The molecule has 5 rings (SSSR count). The lowest BCUT2D eigenvalue weighted by atomic mass is 9.41. The number of sulfonamides is 1. The maximum Gasteiger partial charge on any atom is 0.328 e. The van der Waals surface area contributed by atoms with Crippen LogP contribution in [0.1, 0.15) is 85.5 Å². The zero-order valence-electron chi connectivity index (χ0n) is 23.8. The predicted octanol–water partition coefficient (Wildman–Crippen LogP) is 4.78. The molecular weight excluding hydrogens is 534 g/mol. The number of rotatable bonds is 7. The Morgan fingerprint density at radius 1 is 1.13 bits per heavy atom. The van der Waals surface area contributed by atoms with Crippen molar-refractivity contribution in [2.24, 2.45) is 52.3 Å². The van der Waals surface area contributed by atoms with Crippen molar-refractivity contribution >= 4 is 27.4 Å². The summed E-state index contributed by atoms with van der Waals surface area (Å²) in [4.78, 5) is 16.1. The topological polar surface area (TPSA) is 129 Å². The number of aliphatic hydroxyl groups is 2. The van der Waals surface area contributed by atoms with Crippen molar-refractivity contribution in [3.63, 3.8) is 0 Å². The first kappa shape index (κ1) is 29.3. The highest BCUT2D eigenvalue weighted by Crippen LogP contribution is 2.69. The van der Waals surface area contributed by atoms with E-state index in [1.165, 1.54) is 12.6 Å². The van der Waals surface area contributed by atoms with E-state index in [1.54, 1.807) is 5.38 Å². The Balaban J connectivity index is 1.23. The van der Waals surface area contributed by atoms with Gasteiger partial charge in [0.15, 0.2) is 0 Å². The van der Waals surface area contributed by atoms with Crippen LogP contribution in [0.3, 0.4) is 0 Å². The number of carbonyl (C=O) groups is 1. The Morgan fingerprint density at radius 3 is 2.54 bits per heavy atom. The van der Waals surface area contributed by atoms with Crippen molar-refractivity contribution in [2.45, 2.75) is 102 Å². The second-order valence-corrected chi connectivity index (χ2v) is 16.3. The molecule has 4 aliphatic rings. The van der Waals surface area contributed by atoms with Crippen LogP contribution in [0, 0.1) is 52.3 Å². The monoisotopic (exact) mass is 581 g/mol. The Morgan fingerprint density at radius 2 is 1.85 bits per heavy atom. The smallest absolute Gasteiger partial charge is 0.328 e. The average molecular weight is 582 g/mol. The molecular formula is C29H47N3O5S2. The molecule has 220 valence electrons. The normalized spacial score (nSPS) is 42.6. The lowest BCUT2D eigenvalue weighted by Gasteiger charge is -2.64. The molecule has 11 atom stereocenters. The van der Waals surface area contributed by atoms with Crippen LogP contribution in [0.25, 0.3) is 0 Å². The predicted molar refractivity (Wildman–Crippen MR) is 151 cm³/mol. The Bertz CT molecular complexity index is 1130. The summed E-state index contributed by atoms with van der Waals surface area (Å²) in [5.74, 6) is 2.89. The molecule has 0 unspecified atom stereocenters. The van der Waals surface area contributed by atoms with Gasteiger partial charge in [-0.3, -0.25) is 0 Å². The summed E-state index contributed by atoms with van der Waals surface area (Å²) in [6.07, 6.45) is 10.0. The molecule has 1 heterocycles. The number of carbonyl (C=O) groups excluding carboxylic acids is 1. The number of thiazole rings is 1. The molecule has 0 bridgehead atoms. The fourth-order valence-corrected chi connectivity index (χ4v) is 11.9. The maximum atomic E-state index is 12.3. The zero-order valence-corrected chi connectivity index (χ0v) is 25.4. The number of hydrogen-bond acceptors (Lipinski definition) is 7. The summed E-state index contributed by atoms with van der Waals surface area (Å²) < 4.78 is 26.5. The van der Waals surface area contributed by atoms with Crippen LogP contribution in [0.4, 0.5) is 4.79 Å². The number of nitrogens with zero attached hydrogens (tertiary/aromatic N) is 1. The quantitative estimate of drug-likeness (QED) is 0.367. The number of hydrogen-bond donors (Lipinski definition) is 4. The molecule has 2 amide bonds. The van der Waals surface area contributed by atoms with Gasteiger partial charge in [-0.1, -0.05) is 34.1 Å². The van der Waals surface area contributed by atoms with Crippen molar-refractivity contribution in [1.82, 2.24) is 15.0 Å². The van der Waals surface area contributed by atoms with E-state index in [-0.39, 0.29) is 33.3 Å². The van der Waals surface area contributed by atoms with Crippen LogP contribution in [0.15, 0.2) is 15.9 Å². The van der Waals surface area contributed by atoms with Gasteiger partial charge < -0.3 is 15.5 Å². The van der Waals surface area contributed by atoms with Crippen LogP contribution in [0.2, 0.25) is 0 Å². The molecule has 0 radical (unpaired) electrons. The number of nitrogens with one attached hydrogen (secondary N) is 2. The second kappa shape index (κ2) is 10.9. The van der Waals surface area contributed by atoms with E-state index in [4.69, 9.17) is 0 Å². The van der Waals surface area contributed by atoms with Crippen LogP contribution >= 0.6 is 11.3 Å². The summed E-state index contributed by atoms with van der Waals surface area (Å²) in [7, 11) is -3.94. The first-order valence-corrected chi connectivity index (χ1v) is 17.3. The highest BCUT2D eigenvalue weighted by molar-refractivity contribution is 7.92. The highest BCUT2D eigenvalue weighted by Gasteiger charge is 2.64. The molecule has 1 aromatic heterocycles. The Labute approximate surface area is 237 Å². The van der Waals surface area contributed by atoms with Gasteiger partial charge in [0, 0.05) is 18.1 Å². The molecule has 8 nitrogen and oxygen atoms in total. The zero-order chi connectivity index (χ0) is 28.2. The minimum Gasteiger partial charge on any atom is -0.393 e. The van der Waals surface area contributed by atoms with Gasteiger partial charge in [0.2, 0.25) is 4.34 Å². The first-order valence-electron chi connectivity index (χ1n) is 15.0. The minimum atomic E-state index is -3.94. The summed E-state index contributed by atoms with van der Waals surface area (Å²) in [6.45, 7) is 9.81. The van der Waals surface area contributed by atoms with E-state index in [0.717, 1.165) is 62.7 Å². The Hall–Kier alpha value is -1.23. The van der Waals surface area contributed by atoms with Crippen molar-refractivity contribution in [3.05, 3.63) is 11.6 Å². The molecule has 0 aliphatic heterocycles. The molecule has 0 saturated heterocycles. The van der Waals surface area contributed by atoms with E-state index < -0.39 is 16.1 Å². The van der Waals surface area contributed by atoms with Crippen LogP contribution in [-0.4, -0.2) is 48.4 Å². The van der Waals surface area contributed by atoms with Gasteiger partial charge in [0.25, 0.3) is 10.0 Å². The van der Waals surface area contributed by atoms with E-state index in [0.29, 0.717) is 42.1 Å². The second-order valence-electron chi connectivity index (χ2n) is 13.5. The third-order valence-electron chi connectivity index (χ3n) is 11.9. The number of aromatic nitrogens is 1. The molecule has 1 aromatic rings. The number of aliphatic hydroxyl groups excluding tert-OH is 2. The van der Waals surface area contributed by atoms with Gasteiger partial charge in [-0.05, 0) is 104 Å². The molecule has 4 fully saturated rings. The van der Waals surface area contributed by atoms with Crippen LogP contribution in [0.5, 0.6) is 0 Å². The van der Waals surface area contributed by atoms with E-state index in [9.17, 15) is 23.4 Å². The van der Waals surface area contributed by atoms with Crippen LogP contribution < -0.4 is 10.0 Å². The number of urea groups is 1. The van der Waals surface area contributed by atoms with Crippen molar-refractivity contribution in [3.8, 4) is 0 Å². The summed E-state index contributed by atoms with van der Waals surface area (Å²) in [5.41, 5.74) is 0.360. The average Bonchev–Trinajstić information content (AvgIpc) is 3.54. The molecule has 0 spiro atoms. The standard InChI is InChI=1S/C29H47N3O5S2/c1-5-19-23-16-18(33)8-11-29(23,4)22-9-12-28(3)20(6-7-21(28)24(22)25(19)34)17(2)10-13-30-26(35)32-39(36,37)27-31-14-15-38-27/h14-15,17-25,33-34H,5-13,16H2,1-4H3,(H2,30,32,35)/t17-,18-,19-,20-,21+,22+,23+,24+,25-,28-,29-/m1/s1. The van der Waals surface area contributed by atoms with Gasteiger partial charge in [-0.2, -0.15) is 8.42 Å². The maximum absolute atomic E-state index is 12.3. The lowest BCUT2D eigenvalue weighted by molar-refractivity contribution is -0.203. The SMILES string of the molecule is CC[C@H]1[C@@H](O)[C@@H]2[C@H](CC[C@]3(C)[C@@H]([C@H](C)CCNC(=O)NS(=O)(=O)c4nccs4)CC[C@@H]23)[C@@]2(C)CC[C@@H](O)C[C@@H]12.